The summed E-state index contributed by atoms with van der Waals surface area (Å²) < 4.78 is 0. The monoisotopic (exact) mass is 118 g/mol. The van der Waals surface area contributed by atoms with Gasteiger partial charge in [0.1, 0.15) is 0 Å². The Hall–Kier alpha value is -0.160. The zero-order valence-electron chi connectivity index (χ0n) is 5.14. The van der Waals surface area contributed by atoms with E-state index < -0.39 is 10.0 Å². The minimum atomic E-state index is -0.466. The van der Waals surface area contributed by atoms with Crippen molar-refractivity contribution in [1.82, 2.24) is 0 Å². The average Bonchev–Trinajstić information content (AvgIpc) is 1.30. The van der Waals surface area contributed by atoms with Crippen LogP contribution in [0.3, 0.4) is 0 Å². The standard InChI is InChI=1S/C5H12NS/c1-6-5-7(2,3)4/h1H,5H2,2-4H3/q+1. The highest BCUT2D eigenvalue weighted by atomic mass is 32.3. The molecule has 0 bridgehead atoms. The van der Waals surface area contributed by atoms with Crippen LogP contribution in [0.25, 0.3) is 4.85 Å². The summed E-state index contributed by atoms with van der Waals surface area (Å²) in [5.74, 6) is 0.826. The van der Waals surface area contributed by atoms with Gasteiger partial charge in [-0.3, -0.25) is 0 Å². The summed E-state index contributed by atoms with van der Waals surface area (Å²) in [5.41, 5.74) is 0. The van der Waals surface area contributed by atoms with Crippen LogP contribution in [0.1, 0.15) is 0 Å². The Bertz CT molecular complexity index is 85.2. The molecule has 0 heterocycles. The van der Waals surface area contributed by atoms with Gasteiger partial charge < -0.3 is 0 Å². The molecule has 0 atom stereocenters. The maximum Gasteiger partial charge on any atom is 0.293 e. The summed E-state index contributed by atoms with van der Waals surface area (Å²) in [7, 11) is -0.466. The lowest BCUT2D eigenvalue weighted by Crippen LogP contribution is -1.92. The quantitative estimate of drug-likeness (QED) is 0.492. The molecule has 0 saturated carbocycles. The van der Waals surface area contributed by atoms with E-state index in [4.69, 9.17) is 6.57 Å². The molecule has 7 heavy (non-hydrogen) atoms. The fourth-order valence-electron chi connectivity index (χ4n) is 0.224. The van der Waals surface area contributed by atoms with Crippen molar-refractivity contribution in [2.75, 3.05) is 24.6 Å². The first-order valence-electron chi connectivity index (χ1n) is 2.09. The fourth-order valence-corrected chi connectivity index (χ4v) is 0.671. The van der Waals surface area contributed by atoms with E-state index in [2.05, 4.69) is 23.6 Å². The van der Waals surface area contributed by atoms with E-state index in [0.29, 0.717) is 0 Å². The zero-order chi connectivity index (χ0) is 5.91. The van der Waals surface area contributed by atoms with Gasteiger partial charge in [-0.05, 0) is 18.8 Å². The fraction of sp³-hybridized carbons (Fsp3) is 0.800. The van der Waals surface area contributed by atoms with E-state index in [1.165, 1.54) is 0 Å². The Labute approximate surface area is 46.9 Å². The normalized spacial score (nSPS) is 12.9. The Kier molecular flexibility index (Phi) is 2.17. The van der Waals surface area contributed by atoms with Gasteiger partial charge in [-0.1, -0.05) is 4.85 Å². The second-order valence-corrected chi connectivity index (χ2v) is 6.84. The van der Waals surface area contributed by atoms with Gasteiger partial charge in [-0.25, -0.2) is 0 Å². The van der Waals surface area contributed by atoms with Crippen molar-refractivity contribution in [3.63, 3.8) is 0 Å². The first-order valence-corrected chi connectivity index (χ1v) is 5.11. The predicted octanol–water partition coefficient (Wildman–Crippen LogP) is 1.60. The van der Waals surface area contributed by atoms with Crippen LogP contribution in [0.2, 0.25) is 0 Å². The molecule has 0 amide bonds. The van der Waals surface area contributed by atoms with Crippen molar-refractivity contribution in [3.05, 3.63) is 4.85 Å². The average molecular weight is 118 g/mol. The molecule has 0 spiro atoms. The summed E-state index contributed by atoms with van der Waals surface area (Å²) in [4.78, 5) is 3.54. The molecule has 0 saturated heterocycles. The van der Waals surface area contributed by atoms with Crippen LogP contribution in [0.4, 0.5) is 0 Å². The van der Waals surface area contributed by atoms with Crippen molar-refractivity contribution in [2.24, 2.45) is 0 Å². The molecule has 0 unspecified atom stereocenters. The zero-order valence-corrected chi connectivity index (χ0v) is 5.96. The Morgan fingerprint density at radius 2 is 1.86 bits per heavy atom. The van der Waals surface area contributed by atoms with Crippen molar-refractivity contribution in [2.45, 2.75) is 0 Å². The molecule has 0 aromatic rings. The van der Waals surface area contributed by atoms with Crippen LogP contribution in [0, 0.1) is 6.57 Å². The number of nitrogens with zero attached hydrogens (tertiary/aromatic N) is 1. The molecule has 0 fully saturated rings. The molecule has 0 N–H and O–H groups in total. The Morgan fingerprint density at radius 1 is 1.43 bits per heavy atom. The third-order valence-corrected chi connectivity index (χ3v) is 1.39. The summed E-state index contributed by atoms with van der Waals surface area (Å²) in [6.45, 7) is 4.96. The first-order chi connectivity index (χ1) is 3.06. The molecule has 42 valence electrons. The Morgan fingerprint density at radius 3 is 1.86 bits per heavy atom. The predicted molar refractivity (Wildman–Crippen MR) is 38.5 cm³/mol. The highest BCUT2D eigenvalue weighted by Gasteiger charge is 2.06. The van der Waals surface area contributed by atoms with Crippen molar-refractivity contribution in [1.29, 1.82) is 0 Å². The van der Waals surface area contributed by atoms with Gasteiger partial charge in [0.25, 0.3) is 12.4 Å². The molecule has 0 rings (SSSR count). The van der Waals surface area contributed by atoms with Gasteiger partial charge in [-0.15, -0.1) is 0 Å². The van der Waals surface area contributed by atoms with Crippen LogP contribution >= 0.6 is 10.0 Å². The highest BCUT2D eigenvalue weighted by Crippen LogP contribution is 2.33. The van der Waals surface area contributed by atoms with Crippen LogP contribution in [-0.2, 0) is 0 Å². The van der Waals surface area contributed by atoms with E-state index in [1.54, 1.807) is 0 Å². The van der Waals surface area contributed by atoms with E-state index in [-0.39, 0.29) is 0 Å². The lowest BCUT2D eigenvalue weighted by Gasteiger charge is -2.13. The Balaban J connectivity index is 3.40. The molecule has 0 aromatic heterocycles. The summed E-state index contributed by atoms with van der Waals surface area (Å²) >= 11 is 0. The van der Waals surface area contributed by atoms with E-state index in [1.807, 2.05) is 0 Å². The maximum atomic E-state index is 4.96. The summed E-state index contributed by atoms with van der Waals surface area (Å²) in [6, 6.07) is 0. The highest BCUT2D eigenvalue weighted by molar-refractivity contribution is 8.32. The molecule has 2 heteroatoms. The smallest absolute Gasteiger partial charge is 0.175 e. The summed E-state index contributed by atoms with van der Waals surface area (Å²) in [5, 5.41) is 0. The first kappa shape index (κ1) is 6.84. The third kappa shape index (κ3) is 5.84. The van der Waals surface area contributed by atoms with Crippen molar-refractivity contribution in [3.8, 4) is 6.57 Å². The second-order valence-electron chi connectivity index (χ2n) is 2.40. The van der Waals surface area contributed by atoms with Crippen molar-refractivity contribution < 1.29 is 0 Å². The lowest BCUT2D eigenvalue weighted by atomic mass is 11.4. The SMILES string of the molecule is C#[N+]CS(C)(C)C. The van der Waals surface area contributed by atoms with E-state index in [9.17, 15) is 0 Å². The van der Waals surface area contributed by atoms with E-state index in [0.717, 1.165) is 5.88 Å². The van der Waals surface area contributed by atoms with Gasteiger partial charge in [0.2, 0.25) is 0 Å². The lowest BCUT2D eigenvalue weighted by molar-refractivity contribution is 1.73. The number of hydrogen-bond acceptors (Lipinski definition) is 0. The van der Waals surface area contributed by atoms with Gasteiger partial charge >= 0.3 is 0 Å². The van der Waals surface area contributed by atoms with Gasteiger partial charge in [0.05, 0.1) is 0 Å². The van der Waals surface area contributed by atoms with Crippen LogP contribution in [-0.4, -0.2) is 24.6 Å². The molecule has 0 radical (unpaired) electrons. The van der Waals surface area contributed by atoms with E-state index >= 15 is 0 Å². The summed E-state index contributed by atoms with van der Waals surface area (Å²) in [6.07, 6.45) is 6.55. The molecule has 1 nitrogen and oxygen atoms in total. The number of hydrogen-bond donors (Lipinski definition) is 0. The molecule has 0 aromatic carbocycles. The van der Waals surface area contributed by atoms with Crippen LogP contribution in [0.5, 0.6) is 0 Å². The molecule has 0 aliphatic carbocycles. The number of rotatable bonds is 1. The third-order valence-electron chi connectivity index (χ3n) is 0.462. The van der Waals surface area contributed by atoms with Gasteiger partial charge in [0, 0.05) is 0 Å². The molecule has 0 aliphatic heterocycles. The topological polar surface area (TPSA) is 4.36 Å². The molecule has 0 aliphatic rings. The minimum Gasteiger partial charge on any atom is -0.175 e. The van der Waals surface area contributed by atoms with Crippen molar-refractivity contribution >= 4 is 10.0 Å². The largest absolute Gasteiger partial charge is 0.293 e. The maximum absolute atomic E-state index is 4.96. The second kappa shape index (κ2) is 2.23. The molecular formula is C5H12NS+. The van der Waals surface area contributed by atoms with Gasteiger partial charge in [-0.2, -0.15) is 10.0 Å². The van der Waals surface area contributed by atoms with Crippen LogP contribution < -0.4 is 0 Å². The molecular weight excluding hydrogens is 106 g/mol. The minimum absolute atomic E-state index is 0.466. The van der Waals surface area contributed by atoms with Gasteiger partial charge in [0.15, 0.2) is 0 Å². The van der Waals surface area contributed by atoms with Crippen LogP contribution in [0.15, 0.2) is 0 Å².